The number of nitrogen functional groups attached to an aromatic ring is 1. The van der Waals surface area contributed by atoms with Crippen LogP contribution in [0.4, 0.5) is 5.82 Å². The maximum Gasteiger partial charge on any atom is 0.361 e. The lowest BCUT2D eigenvalue weighted by Gasteiger charge is -2.14. The van der Waals surface area contributed by atoms with E-state index in [9.17, 15) is 4.79 Å². The van der Waals surface area contributed by atoms with E-state index in [1.807, 2.05) is 0 Å². The van der Waals surface area contributed by atoms with Gasteiger partial charge in [-0.2, -0.15) is 4.68 Å². The smallest absolute Gasteiger partial charge is 0.361 e. The molecule has 1 aromatic carbocycles. The average Bonchev–Trinajstić information content (AvgIpc) is 3.32. The minimum atomic E-state index is -0.674. The number of esters is 1. The van der Waals surface area contributed by atoms with E-state index in [4.69, 9.17) is 24.7 Å². The molecule has 2 N–H and O–H groups in total. The summed E-state index contributed by atoms with van der Waals surface area (Å²) >= 11 is 0. The quantitative estimate of drug-likeness (QED) is 0.578. The second-order valence-corrected chi connectivity index (χ2v) is 5.31. The van der Waals surface area contributed by atoms with Crippen molar-refractivity contribution in [3.05, 3.63) is 17.8 Å². The molecular formula is C16H18N6O6. The average molecular weight is 390 g/mol. The highest BCUT2D eigenvalue weighted by molar-refractivity contribution is 5.95. The molecule has 3 rings (SSSR count). The molecular weight excluding hydrogens is 372 g/mol. The van der Waals surface area contributed by atoms with Crippen LogP contribution in [0.5, 0.6) is 17.2 Å². The molecule has 12 nitrogen and oxygen atoms in total. The molecule has 3 aromatic rings. The third kappa shape index (κ3) is 3.15. The van der Waals surface area contributed by atoms with Gasteiger partial charge in [-0.1, -0.05) is 5.21 Å². The number of nitrogens with zero attached hydrogens (tertiary/aromatic N) is 5. The van der Waals surface area contributed by atoms with Gasteiger partial charge in [-0.05, 0) is 29.4 Å². The lowest BCUT2D eigenvalue weighted by atomic mass is 10.1. The number of anilines is 1. The van der Waals surface area contributed by atoms with Crippen LogP contribution in [0.2, 0.25) is 0 Å². The van der Waals surface area contributed by atoms with Crippen LogP contribution in [0.3, 0.4) is 0 Å². The molecule has 2 heterocycles. The number of benzene rings is 1. The summed E-state index contributed by atoms with van der Waals surface area (Å²) in [6, 6.07) is 3.26. The van der Waals surface area contributed by atoms with E-state index in [0.29, 0.717) is 22.8 Å². The Bertz CT molecular complexity index is 972. The van der Waals surface area contributed by atoms with E-state index in [-0.39, 0.29) is 29.6 Å². The summed E-state index contributed by atoms with van der Waals surface area (Å²) in [6.45, 7) is 1.84. The molecule has 0 aliphatic rings. The highest BCUT2D eigenvalue weighted by Crippen LogP contribution is 2.42. The van der Waals surface area contributed by atoms with Gasteiger partial charge < -0.3 is 24.7 Å². The van der Waals surface area contributed by atoms with Gasteiger partial charge in [0.25, 0.3) is 0 Å². The van der Waals surface area contributed by atoms with Crippen LogP contribution in [0.1, 0.15) is 17.4 Å². The minimum absolute atomic E-state index is 0.0333. The maximum atomic E-state index is 12.4. The van der Waals surface area contributed by atoms with Crippen molar-refractivity contribution in [2.75, 3.05) is 33.7 Å². The number of hydrogen-bond donors (Lipinski definition) is 1. The third-order valence-electron chi connectivity index (χ3n) is 3.77. The normalized spacial score (nSPS) is 10.6. The number of methoxy groups -OCH3 is 3. The number of hydrogen-bond acceptors (Lipinski definition) is 11. The molecule has 0 saturated carbocycles. The van der Waals surface area contributed by atoms with Crippen LogP contribution in [0.25, 0.3) is 17.1 Å². The van der Waals surface area contributed by atoms with Gasteiger partial charge in [-0.25, -0.2) is 9.42 Å². The van der Waals surface area contributed by atoms with Gasteiger partial charge in [0.2, 0.25) is 17.4 Å². The molecule has 148 valence electrons. The standard InChI is InChI=1S/C16H18N6O6/c1-5-27-16(23)11-12(22(21-18-11)15-14(17)19-28-20-15)8-6-9(24-2)13(26-4)10(7-8)25-3/h6-7H,5H2,1-4H3,(H2,17,19). The Morgan fingerprint density at radius 1 is 1.14 bits per heavy atom. The Hall–Kier alpha value is -3.83. The van der Waals surface area contributed by atoms with Gasteiger partial charge in [0, 0.05) is 5.56 Å². The topological polar surface area (TPSA) is 150 Å². The Morgan fingerprint density at radius 3 is 2.32 bits per heavy atom. The SMILES string of the molecule is CCOC(=O)c1nnn(-c2nonc2N)c1-c1cc(OC)c(OC)c(OC)c1. The minimum Gasteiger partial charge on any atom is -0.493 e. The summed E-state index contributed by atoms with van der Waals surface area (Å²) in [7, 11) is 4.43. The Kier molecular flexibility index (Phi) is 5.29. The highest BCUT2D eigenvalue weighted by Gasteiger charge is 2.28. The van der Waals surface area contributed by atoms with Crippen molar-refractivity contribution >= 4 is 11.8 Å². The first-order valence-corrected chi connectivity index (χ1v) is 8.07. The van der Waals surface area contributed by atoms with E-state index >= 15 is 0 Å². The molecule has 28 heavy (non-hydrogen) atoms. The monoisotopic (exact) mass is 390 g/mol. The number of nitrogens with two attached hydrogens (primary N) is 1. The van der Waals surface area contributed by atoms with Crippen molar-refractivity contribution in [3.8, 4) is 34.3 Å². The van der Waals surface area contributed by atoms with Crippen LogP contribution in [-0.4, -0.2) is 59.2 Å². The number of aromatic nitrogens is 5. The van der Waals surface area contributed by atoms with E-state index in [2.05, 4.69) is 25.3 Å². The van der Waals surface area contributed by atoms with Crippen LogP contribution in [0.15, 0.2) is 16.8 Å². The zero-order chi connectivity index (χ0) is 20.3. The van der Waals surface area contributed by atoms with Crippen LogP contribution in [-0.2, 0) is 4.74 Å². The van der Waals surface area contributed by atoms with Crippen molar-refractivity contribution in [1.29, 1.82) is 0 Å². The van der Waals surface area contributed by atoms with Gasteiger partial charge in [0.05, 0.1) is 27.9 Å². The molecule has 0 spiro atoms. The molecule has 0 radical (unpaired) electrons. The molecule has 2 aromatic heterocycles. The molecule has 0 unspecified atom stereocenters. The van der Waals surface area contributed by atoms with Crippen LogP contribution < -0.4 is 19.9 Å². The van der Waals surface area contributed by atoms with Gasteiger partial charge in [-0.15, -0.1) is 5.10 Å². The summed E-state index contributed by atoms with van der Waals surface area (Å²) in [5.41, 5.74) is 6.42. The molecule has 0 fully saturated rings. The Labute approximate surface area is 159 Å². The molecule has 0 amide bonds. The Morgan fingerprint density at radius 2 is 1.82 bits per heavy atom. The van der Waals surface area contributed by atoms with E-state index in [1.165, 1.54) is 26.0 Å². The molecule has 0 atom stereocenters. The van der Waals surface area contributed by atoms with Crippen molar-refractivity contribution in [2.45, 2.75) is 6.92 Å². The predicted molar refractivity (Wildman–Crippen MR) is 94.7 cm³/mol. The molecule has 0 saturated heterocycles. The van der Waals surface area contributed by atoms with Gasteiger partial charge in [0.1, 0.15) is 5.69 Å². The van der Waals surface area contributed by atoms with Gasteiger partial charge in [-0.3, -0.25) is 0 Å². The van der Waals surface area contributed by atoms with Crippen molar-refractivity contribution in [1.82, 2.24) is 25.3 Å². The fourth-order valence-corrected chi connectivity index (χ4v) is 2.58. The zero-order valence-corrected chi connectivity index (χ0v) is 15.6. The first kappa shape index (κ1) is 18.9. The number of carbonyl (C=O) groups excluding carboxylic acids is 1. The summed E-state index contributed by atoms with van der Waals surface area (Å²) in [4.78, 5) is 12.4. The molecule has 0 aliphatic heterocycles. The second kappa shape index (κ2) is 7.82. The van der Waals surface area contributed by atoms with Crippen LogP contribution in [0, 0.1) is 0 Å². The molecule has 0 aliphatic carbocycles. The largest absolute Gasteiger partial charge is 0.493 e. The van der Waals surface area contributed by atoms with E-state index in [1.54, 1.807) is 19.1 Å². The molecule has 12 heteroatoms. The number of ether oxygens (including phenoxy) is 4. The summed E-state index contributed by atoms with van der Waals surface area (Å²) < 4.78 is 27.0. The first-order valence-electron chi connectivity index (χ1n) is 8.07. The Balaban J connectivity index is 2.29. The van der Waals surface area contributed by atoms with Gasteiger partial charge in [0.15, 0.2) is 17.2 Å². The van der Waals surface area contributed by atoms with Crippen LogP contribution >= 0.6 is 0 Å². The summed E-state index contributed by atoms with van der Waals surface area (Å²) in [5, 5.41) is 15.1. The third-order valence-corrected chi connectivity index (χ3v) is 3.77. The lowest BCUT2D eigenvalue weighted by Crippen LogP contribution is -2.09. The fraction of sp³-hybridized carbons (Fsp3) is 0.312. The zero-order valence-electron chi connectivity index (χ0n) is 15.6. The summed E-state index contributed by atoms with van der Waals surface area (Å²) in [5.74, 6) is 0.470. The van der Waals surface area contributed by atoms with E-state index in [0.717, 1.165) is 0 Å². The van der Waals surface area contributed by atoms with Crippen molar-refractivity contribution < 1.29 is 28.4 Å². The number of rotatable bonds is 7. The lowest BCUT2D eigenvalue weighted by molar-refractivity contribution is 0.0520. The summed E-state index contributed by atoms with van der Waals surface area (Å²) in [6.07, 6.45) is 0. The highest BCUT2D eigenvalue weighted by atomic mass is 16.6. The van der Waals surface area contributed by atoms with Crippen molar-refractivity contribution in [2.24, 2.45) is 0 Å². The first-order chi connectivity index (χ1) is 13.5. The van der Waals surface area contributed by atoms with E-state index < -0.39 is 5.97 Å². The van der Waals surface area contributed by atoms with Crippen molar-refractivity contribution in [3.63, 3.8) is 0 Å². The maximum absolute atomic E-state index is 12.4. The fourth-order valence-electron chi connectivity index (χ4n) is 2.58. The predicted octanol–water partition coefficient (Wildman–Crippen LogP) is 1.10. The number of carbonyl (C=O) groups is 1. The molecule has 0 bridgehead atoms. The van der Waals surface area contributed by atoms with Gasteiger partial charge >= 0.3 is 5.97 Å². The second-order valence-electron chi connectivity index (χ2n) is 5.31.